The number of quaternary nitrogens is 1. The smallest absolute Gasteiger partial charge is 0.317 e. The minimum atomic E-state index is -4.37. The second kappa shape index (κ2) is 25.1. The Kier molecular flexibility index (Phi) is 24.7. The van der Waals surface area contributed by atoms with Crippen LogP contribution in [0.15, 0.2) is 0 Å². The van der Waals surface area contributed by atoms with Crippen LogP contribution in [-0.4, -0.2) is 75.9 Å². The molecule has 0 fully saturated rings. The summed E-state index contributed by atoms with van der Waals surface area (Å²) >= 11 is 0. The molecule has 2 amide bonds. The molecule has 9 heteroatoms. The van der Waals surface area contributed by atoms with Crippen LogP contribution in [0.4, 0.5) is 4.79 Å². The molecule has 0 aromatic carbocycles. The molecule has 0 aliphatic heterocycles. The molecule has 0 aliphatic carbocycles. The molecule has 0 aromatic rings. The van der Waals surface area contributed by atoms with E-state index in [4.69, 9.17) is 9.05 Å². The number of nitrogens with zero attached hydrogens (tertiary/aromatic N) is 2. The number of urea groups is 1. The second-order valence-corrected chi connectivity index (χ2v) is 13.4. The number of unbranched alkanes of at least 4 members (excludes halogenated alkanes) is 17. The van der Waals surface area contributed by atoms with Crippen LogP contribution in [0.3, 0.4) is 0 Å². The lowest BCUT2D eigenvalue weighted by Crippen LogP contribution is -2.42. The molecule has 0 bridgehead atoms. The summed E-state index contributed by atoms with van der Waals surface area (Å²) in [5, 5.41) is 2.80. The zero-order chi connectivity index (χ0) is 29.2. The maximum absolute atomic E-state index is 12.4. The third kappa shape index (κ3) is 27.3. The molecule has 0 aromatic heterocycles. The van der Waals surface area contributed by atoms with Crippen molar-refractivity contribution in [3.05, 3.63) is 0 Å². The van der Waals surface area contributed by atoms with Crippen molar-refractivity contribution >= 4 is 13.9 Å². The Morgan fingerprint density at radius 2 is 1.10 bits per heavy atom. The normalized spacial score (nSPS) is 13.4. The lowest BCUT2D eigenvalue weighted by molar-refractivity contribution is -0.870. The van der Waals surface area contributed by atoms with E-state index in [1.165, 1.54) is 103 Å². The zero-order valence-electron chi connectivity index (χ0n) is 26.4. The summed E-state index contributed by atoms with van der Waals surface area (Å²) in [5.41, 5.74) is 0. The van der Waals surface area contributed by atoms with Crippen molar-refractivity contribution in [3.8, 4) is 0 Å². The van der Waals surface area contributed by atoms with E-state index < -0.39 is 7.82 Å². The Balaban J connectivity index is 3.81. The van der Waals surface area contributed by atoms with E-state index in [0.717, 1.165) is 12.8 Å². The van der Waals surface area contributed by atoms with E-state index in [-0.39, 0.29) is 25.8 Å². The molecule has 234 valence electrons. The van der Waals surface area contributed by atoms with Gasteiger partial charge >= 0.3 is 6.03 Å². The Labute approximate surface area is 241 Å². The summed E-state index contributed by atoms with van der Waals surface area (Å²) in [6.45, 7) is 6.03. The lowest BCUT2D eigenvalue weighted by Gasteiger charge is -2.28. The maximum atomic E-state index is 12.4. The topological polar surface area (TPSA) is 90.9 Å². The van der Waals surface area contributed by atoms with Gasteiger partial charge in [0.15, 0.2) is 0 Å². The molecule has 0 rings (SSSR count). The Hall–Kier alpha value is -0.660. The summed E-state index contributed by atoms with van der Waals surface area (Å²) in [4.78, 5) is 26.0. The van der Waals surface area contributed by atoms with Gasteiger partial charge in [0, 0.05) is 19.6 Å². The quantitative estimate of drug-likeness (QED) is 0.0600. The van der Waals surface area contributed by atoms with Crippen LogP contribution in [0.5, 0.6) is 0 Å². The fraction of sp³-hybridized carbons (Fsp3) is 0.967. The molecule has 8 nitrogen and oxygen atoms in total. The Morgan fingerprint density at radius 3 is 1.51 bits per heavy atom. The van der Waals surface area contributed by atoms with Gasteiger partial charge in [-0.05, 0) is 13.3 Å². The predicted molar refractivity (Wildman–Crippen MR) is 162 cm³/mol. The maximum Gasteiger partial charge on any atom is 0.317 e. The highest BCUT2D eigenvalue weighted by Crippen LogP contribution is 2.37. The van der Waals surface area contributed by atoms with Crippen molar-refractivity contribution in [2.45, 2.75) is 129 Å². The molecular weight excluding hydrogens is 513 g/mol. The molecular formula is C30H64N3O5P. The van der Waals surface area contributed by atoms with E-state index in [1.54, 1.807) is 4.90 Å². The van der Waals surface area contributed by atoms with Gasteiger partial charge in [0.2, 0.25) is 0 Å². The summed E-state index contributed by atoms with van der Waals surface area (Å²) in [6.07, 6.45) is 23.8. The number of phosphoric ester groups is 1. The number of nitrogens with one attached hydrogen (secondary N) is 1. The van der Waals surface area contributed by atoms with Crippen LogP contribution in [-0.2, 0) is 13.6 Å². The zero-order valence-corrected chi connectivity index (χ0v) is 27.2. The van der Waals surface area contributed by atoms with Crippen LogP contribution >= 0.6 is 7.82 Å². The molecule has 1 unspecified atom stereocenters. The predicted octanol–water partition coefficient (Wildman–Crippen LogP) is 7.27. The molecule has 1 N–H and O–H groups in total. The average molecular weight is 578 g/mol. The largest absolute Gasteiger partial charge is 0.756 e. The Bertz CT molecular complexity index is 616. The van der Waals surface area contributed by atoms with Gasteiger partial charge in [-0.2, -0.15) is 0 Å². The van der Waals surface area contributed by atoms with Crippen molar-refractivity contribution < 1.29 is 27.8 Å². The number of amides is 2. The van der Waals surface area contributed by atoms with Gasteiger partial charge in [0.25, 0.3) is 7.82 Å². The average Bonchev–Trinajstić information content (AvgIpc) is 2.86. The number of carbonyl (C=O) groups excluding carboxylic acids is 1. The second-order valence-electron chi connectivity index (χ2n) is 12.0. The van der Waals surface area contributed by atoms with Gasteiger partial charge < -0.3 is 28.6 Å². The number of phosphoric acid groups is 1. The standard InChI is InChI=1S/C30H64N3O5P/c1-6-8-9-10-11-12-13-14-15-16-17-18-19-20-21-22-23-24-25-32(30(34)31-7-2)26-28-37-39(35,36)38-29-27-33(3,4)5/h6-29H2,1-5H3,(H-,31,34,35,36). The van der Waals surface area contributed by atoms with Crippen LogP contribution in [0.25, 0.3) is 0 Å². The first-order valence-electron chi connectivity index (χ1n) is 16.0. The summed E-state index contributed by atoms with van der Waals surface area (Å²) in [7, 11) is 1.52. The van der Waals surface area contributed by atoms with Gasteiger partial charge in [0.1, 0.15) is 13.2 Å². The highest BCUT2D eigenvalue weighted by atomic mass is 31.2. The van der Waals surface area contributed by atoms with Crippen LogP contribution in [0, 0.1) is 0 Å². The van der Waals surface area contributed by atoms with Crippen molar-refractivity contribution in [2.75, 3.05) is 60.5 Å². The molecule has 0 heterocycles. The highest BCUT2D eigenvalue weighted by molar-refractivity contribution is 7.45. The van der Waals surface area contributed by atoms with Gasteiger partial charge in [-0.3, -0.25) is 4.57 Å². The third-order valence-corrected chi connectivity index (χ3v) is 8.02. The van der Waals surface area contributed by atoms with E-state index in [1.807, 2.05) is 28.1 Å². The van der Waals surface area contributed by atoms with Gasteiger partial charge in [-0.15, -0.1) is 0 Å². The summed E-state index contributed by atoms with van der Waals surface area (Å²) in [5.74, 6) is 0. The number of hydrogen-bond donors (Lipinski definition) is 1. The number of likely N-dealkylation sites (N-methyl/N-ethyl adjacent to an activating group) is 1. The van der Waals surface area contributed by atoms with Crippen LogP contribution in [0.2, 0.25) is 0 Å². The molecule has 0 saturated heterocycles. The van der Waals surface area contributed by atoms with Crippen LogP contribution < -0.4 is 10.2 Å². The minimum Gasteiger partial charge on any atom is -0.756 e. The van der Waals surface area contributed by atoms with E-state index in [9.17, 15) is 14.3 Å². The van der Waals surface area contributed by atoms with Crippen molar-refractivity contribution in [3.63, 3.8) is 0 Å². The number of carbonyl (C=O) groups is 1. The summed E-state index contributed by atoms with van der Waals surface area (Å²) < 4.78 is 22.5. The lowest BCUT2D eigenvalue weighted by atomic mass is 10.0. The van der Waals surface area contributed by atoms with E-state index in [2.05, 4.69) is 12.2 Å². The molecule has 1 atom stereocenters. The molecule has 39 heavy (non-hydrogen) atoms. The molecule has 0 aliphatic rings. The third-order valence-electron chi connectivity index (χ3n) is 7.02. The van der Waals surface area contributed by atoms with Gasteiger partial charge in [0.05, 0.1) is 27.7 Å². The summed E-state index contributed by atoms with van der Waals surface area (Å²) in [6, 6.07) is -0.181. The van der Waals surface area contributed by atoms with Crippen molar-refractivity contribution in [1.82, 2.24) is 10.2 Å². The molecule has 0 saturated carbocycles. The van der Waals surface area contributed by atoms with Crippen molar-refractivity contribution in [2.24, 2.45) is 0 Å². The fourth-order valence-electron chi connectivity index (χ4n) is 4.51. The van der Waals surface area contributed by atoms with Crippen LogP contribution in [0.1, 0.15) is 129 Å². The molecule has 0 spiro atoms. The first-order valence-corrected chi connectivity index (χ1v) is 17.5. The number of hydrogen-bond acceptors (Lipinski definition) is 5. The SMILES string of the molecule is CCCCCCCCCCCCCCCCCCCCN(CCOP(=O)([O-])OCC[N+](C)(C)C)C(=O)NCC. The van der Waals surface area contributed by atoms with Gasteiger partial charge in [-0.25, -0.2) is 4.79 Å². The minimum absolute atomic E-state index is 0.0730. The molecule has 0 radical (unpaired) electrons. The monoisotopic (exact) mass is 577 g/mol. The highest BCUT2D eigenvalue weighted by Gasteiger charge is 2.16. The first-order chi connectivity index (χ1) is 18.6. The van der Waals surface area contributed by atoms with Crippen molar-refractivity contribution in [1.29, 1.82) is 0 Å². The fourth-order valence-corrected chi connectivity index (χ4v) is 5.19. The van der Waals surface area contributed by atoms with E-state index >= 15 is 0 Å². The Morgan fingerprint density at radius 1 is 0.692 bits per heavy atom. The van der Waals surface area contributed by atoms with Gasteiger partial charge in [-0.1, -0.05) is 116 Å². The number of rotatable bonds is 28. The first kappa shape index (κ1) is 38.3. The van der Waals surface area contributed by atoms with E-state index in [0.29, 0.717) is 24.1 Å².